The van der Waals surface area contributed by atoms with Crippen molar-refractivity contribution in [2.45, 2.75) is 29.7 Å². The first kappa shape index (κ1) is 17.3. The predicted molar refractivity (Wildman–Crippen MR) is 84.8 cm³/mol. The van der Waals surface area contributed by atoms with Crippen LogP contribution in [0.25, 0.3) is 0 Å². The standard InChI is InChI=1S/C13H16Cl3NO3S/c1-20-9-4-6-17(7-5-9)21(18,19)12-3-2-11(15)10(8-14)13(12)16/h2-3,9H,4-8H2,1H3. The number of hydrogen-bond acceptors (Lipinski definition) is 3. The number of alkyl halides is 1. The van der Waals surface area contributed by atoms with Crippen LogP contribution in [0, 0.1) is 0 Å². The van der Waals surface area contributed by atoms with Crippen LogP contribution in [-0.4, -0.2) is 39.0 Å². The molecule has 1 saturated heterocycles. The molecular weight excluding hydrogens is 357 g/mol. The molecule has 0 atom stereocenters. The highest BCUT2D eigenvalue weighted by molar-refractivity contribution is 7.89. The van der Waals surface area contributed by atoms with Crippen molar-refractivity contribution in [3.8, 4) is 0 Å². The molecule has 0 radical (unpaired) electrons. The first-order chi connectivity index (χ1) is 9.91. The van der Waals surface area contributed by atoms with Crippen molar-refractivity contribution in [2.75, 3.05) is 20.2 Å². The van der Waals surface area contributed by atoms with Gasteiger partial charge in [0.1, 0.15) is 4.90 Å². The zero-order chi connectivity index (χ0) is 15.6. The molecular formula is C13H16Cl3NO3S. The molecule has 0 bridgehead atoms. The summed E-state index contributed by atoms with van der Waals surface area (Å²) in [6, 6.07) is 2.94. The normalized spacial score (nSPS) is 18.1. The van der Waals surface area contributed by atoms with E-state index in [-0.39, 0.29) is 21.9 Å². The van der Waals surface area contributed by atoms with Gasteiger partial charge in [-0.25, -0.2) is 8.42 Å². The van der Waals surface area contributed by atoms with Crippen molar-refractivity contribution < 1.29 is 13.2 Å². The number of sulfonamides is 1. The van der Waals surface area contributed by atoms with Crippen LogP contribution in [0.15, 0.2) is 17.0 Å². The van der Waals surface area contributed by atoms with Crippen LogP contribution in [-0.2, 0) is 20.6 Å². The van der Waals surface area contributed by atoms with Crippen LogP contribution in [0.3, 0.4) is 0 Å². The molecule has 0 unspecified atom stereocenters. The predicted octanol–water partition coefficient (Wildman–Crippen LogP) is 3.53. The molecule has 0 aliphatic carbocycles. The molecule has 2 rings (SSSR count). The van der Waals surface area contributed by atoms with Gasteiger partial charge in [0.25, 0.3) is 0 Å². The van der Waals surface area contributed by atoms with Gasteiger partial charge in [-0.3, -0.25) is 0 Å². The highest BCUT2D eigenvalue weighted by Crippen LogP contribution is 2.34. The fourth-order valence-corrected chi connectivity index (χ4v) is 5.12. The van der Waals surface area contributed by atoms with E-state index in [1.807, 2.05) is 0 Å². The van der Waals surface area contributed by atoms with Gasteiger partial charge in [0.15, 0.2) is 0 Å². The largest absolute Gasteiger partial charge is 0.381 e. The lowest BCUT2D eigenvalue weighted by atomic mass is 10.1. The van der Waals surface area contributed by atoms with Gasteiger partial charge in [0.05, 0.1) is 17.0 Å². The molecule has 118 valence electrons. The zero-order valence-electron chi connectivity index (χ0n) is 11.5. The minimum atomic E-state index is -3.65. The molecule has 0 aromatic heterocycles. The van der Waals surface area contributed by atoms with Gasteiger partial charge >= 0.3 is 0 Å². The highest BCUT2D eigenvalue weighted by Gasteiger charge is 2.31. The summed E-state index contributed by atoms with van der Waals surface area (Å²) in [4.78, 5) is 0.0556. The van der Waals surface area contributed by atoms with Crippen LogP contribution >= 0.6 is 34.8 Å². The second-order valence-corrected chi connectivity index (χ2v) is 7.77. The van der Waals surface area contributed by atoms with E-state index in [9.17, 15) is 8.42 Å². The molecule has 0 N–H and O–H groups in total. The van der Waals surface area contributed by atoms with Crippen molar-refractivity contribution in [3.63, 3.8) is 0 Å². The van der Waals surface area contributed by atoms with Gasteiger partial charge in [-0.05, 0) is 25.0 Å². The Kier molecular flexibility index (Phi) is 5.79. The molecule has 0 spiro atoms. The molecule has 8 heteroatoms. The molecule has 1 fully saturated rings. The lowest BCUT2D eigenvalue weighted by Gasteiger charge is -2.30. The molecule has 1 aliphatic heterocycles. The summed E-state index contributed by atoms with van der Waals surface area (Å²) in [7, 11) is -2.01. The van der Waals surface area contributed by atoms with E-state index in [1.165, 1.54) is 16.4 Å². The van der Waals surface area contributed by atoms with E-state index in [2.05, 4.69) is 0 Å². The summed E-state index contributed by atoms with van der Waals surface area (Å²) in [5.41, 5.74) is 0.438. The summed E-state index contributed by atoms with van der Waals surface area (Å²) < 4.78 is 32.1. The Morgan fingerprint density at radius 1 is 1.29 bits per heavy atom. The van der Waals surface area contributed by atoms with E-state index >= 15 is 0 Å². The van der Waals surface area contributed by atoms with E-state index in [0.29, 0.717) is 36.5 Å². The highest BCUT2D eigenvalue weighted by atomic mass is 35.5. The summed E-state index contributed by atoms with van der Waals surface area (Å²) in [6.45, 7) is 0.825. The third kappa shape index (κ3) is 3.49. The van der Waals surface area contributed by atoms with Crippen molar-refractivity contribution >= 4 is 44.8 Å². The maximum Gasteiger partial charge on any atom is 0.244 e. The lowest BCUT2D eigenvalue weighted by molar-refractivity contribution is 0.0604. The number of piperidine rings is 1. The summed E-state index contributed by atoms with van der Waals surface area (Å²) in [6.07, 6.45) is 1.45. The van der Waals surface area contributed by atoms with Crippen molar-refractivity contribution in [3.05, 3.63) is 27.7 Å². The second kappa shape index (κ2) is 7.02. The molecule has 1 heterocycles. The zero-order valence-corrected chi connectivity index (χ0v) is 14.6. The monoisotopic (exact) mass is 371 g/mol. The number of benzene rings is 1. The average Bonchev–Trinajstić information content (AvgIpc) is 2.47. The van der Waals surface area contributed by atoms with Crippen molar-refractivity contribution in [1.82, 2.24) is 4.31 Å². The number of rotatable bonds is 4. The first-order valence-corrected chi connectivity index (χ1v) is 9.20. The molecule has 1 aliphatic rings. The van der Waals surface area contributed by atoms with Gasteiger partial charge in [0.2, 0.25) is 10.0 Å². The van der Waals surface area contributed by atoms with Crippen LogP contribution < -0.4 is 0 Å². The summed E-state index contributed by atoms with van der Waals surface area (Å²) >= 11 is 17.9. The minimum Gasteiger partial charge on any atom is -0.381 e. The number of halogens is 3. The molecule has 1 aromatic rings. The topological polar surface area (TPSA) is 46.6 Å². The number of nitrogens with zero attached hydrogens (tertiary/aromatic N) is 1. The van der Waals surface area contributed by atoms with Crippen molar-refractivity contribution in [2.24, 2.45) is 0 Å². The SMILES string of the molecule is COC1CCN(S(=O)(=O)c2ccc(Cl)c(CCl)c2Cl)CC1. The quantitative estimate of drug-likeness (QED) is 0.760. The van der Waals surface area contributed by atoms with Crippen LogP contribution in [0.2, 0.25) is 10.0 Å². The number of hydrogen-bond donors (Lipinski definition) is 0. The van der Waals surface area contributed by atoms with E-state index in [4.69, 9.17) is 39.5 Å². The Labute approximate surface area is 140 Å². The Hall–Kier alpha value is -0.0400. The smallest absolute Gasteiger partial charge is 0.244 e. The van der Waals surface area contributed by atoms with E-state index < -0.39 is 10.0 Å². The van der Waals surface area contributed by atoms with Gasteiger partial charge in [-0.2, -0.15) is 4.31 Å². The van der Waals surface area contributed by atoms with Crippen LogP contribution in [0.4, 0.5) is 0 Å². The van der Waals surface area contributed by atoms with Crippen LogP contribution in [0.1, 0.15) is 18.4 Å². The number of ether oxygens (including phenoxy) is 1. The molecule has 0 saturated carbocycles. The fraction of sp³-hybridized carbons (Fsp3) is 0.538. The first-order valence-electron chi connectivity index (χ1n) is 6.47. The Morgan fingerprint density at radius 3 is 2.43 bits per heavy atom. The van der Waals surface area contributed by atoms with Gasteiger partial charge in [-0.1, -0.05) is 23.2 Å². The van der Waals surface area contributed by atoms with Gasteiger partial charge in [0, 0.05) is 30.8 Å². The lowest BCUT2D eigenvalue weighted by Crippen LogP contribution is -2.40. The molecule has 21 heavy (non-hydrogen) atoms. The average molecular weight is 373 g/mol. The Bertz CT molecular complexity index is 613. The van der Waals surface area contributed by atoms with Crippen LogP contribution in [0.5, 0.6) is 0 Å². The molecule has 1 aromatic carbocycles. The van der Waals surface area contributed by atoms with Gasteiger partial charge in [-0.15, -0.1) is 11.6 Å². The third-order valence-electron chi connectivity index (χ3n) is 3.64. The number of methoxy groups -OCH3 is 1. The summed E-state index contributed by atoms with van der Waals surface area (Å²) in [5, 5.41) is 0.471. The van der Waals surface area contributed by atoms with E-state index in [0.717, 1.165) is 0 Å². The van der Waals surface area contributed by atoms with Gasteiger partial charge < -0.3 is 4.74 Å². The second-order valence-electron chi connectivity index (χ2n) is 4.81. The van der Waals surface area contributed by atoms with Crippen molar-refractivity contribution in [1.29, 1.82) is 0 Å². The summed E-state index contributed by atoms with van der Waals surface area (Å²) in [5.74, 6) is 0.0623. The maximum absolute atomic E-state index is 12.7. The molecule has 0 amide bonds. The molecule has 4 nitrogen and oxygen atoms in total. The Balaban J connectivity index is 2.33. The maximum atomic E-state index is 12.7. The van der Waals surface area contributed by atoms with E-state index in [1.54, 1.807) is 7.11 Å². The fourth-order valence-electron chi connectivity index (χ4n) is 2.35. The minimum absolute atomic E-state index is 0.0556. The third-order valence-corrected chi connectivity index (χ3v) is 6.74. The Morgan fingerprint density at radius 2 is 1.90 bits per heavy atom.